The molecule has 0 N–H and O–H groups in total. The van der Waals surface area contributed by atoms with Crippen LogP contribution in [-0.4, -0.2) is 58.0 Å². The molecular formula is C23H22N2O6S. The Morgan fingerprint density at radius 2 is 1.94 bits per heavy atom. The highest BCUT2D eigenvalue weighted by Crippen LogP contribution is 2.30. The maximum Gasteiger partial charge on any atom is 0.291 e. The van der Waals surface area contributed by atoms with Crippen molar-refractivity contribution in [1.29, 1.82) is 0 Å². The van der Waals surface area contributed by atoms with Crippen molar-refractivity contribution in [3.8, 4) is 5.75 Å². The number of Topliss-reactive ketones (excluding diaryl/α,β-unsaturated/α-hetero) is 1. The monoisotopic (exact) mass is 454 g/mol. The molecule has 0 bridgehead atoms. The number of imide groups is 1. The molecule has 0 aliphatic carbocycles. The molecule has 8 nitrogen and oxygen atoms in total. The third kappa shape index (κ3) is 4.68. The molecule has 4 rings (SSSR count). The number of hydrogen-bond donors (Lipinski definition) is 0. The number of nitrogens with zero attached hydrogens (tertiary/aromatic N) is 2. The Morgan fingerprint density at radius 3 is 2.69 bits per heavy atom. The van der Waals surface area contributed by atoms with Gasteiger partial charge >= 0.3 is 0 Å². The molecular weight excluding hydrogens is 432 g/mol. The van der Waals surface area contributed by atoms with E-state index >= 15 is 0 Å². The van der Waals surface area contributed by atoms with Gasteiger partial charge in [0.25, 0.3) is 17.1 Å². The second kappa shape index (κ2) is 9.54. The van der Waals surface area contributed by atoms with Crippen LogP contribution >= 0.6 is 11.8 Å². The van der Waals surface area contributed by atoms with E-state index in [1.165, 1.54) is 16.7 Å². The molecule has 1 unspecified atom stereocenters. The highest BCUT2D eigenvalue weighted by atomic mass is 32.2. The molecule has 0 radical (unpaired) electrons. The molecule has 166 valence electrons. The number of amides is 3. The predicted molar refractivity (Wildman–Crippen MR) is 117 cm³/mol. The number of carbonyl (C=O) groups excluding carboxylic acids is 4. The van der Waals surface area contributed by atoms with Gasteiger partial charge < -0.3 is 14.4 Å². The lowest BCUT2D eigenvalue weighted by Gasteiger charge is -2.29. The maximum absolute atomic E-state index is 12.7. The van der Waals surface area contributed by atoms with Crippen molar-refractivity contribution >= 4 is 34.6 Å². The van der Waals surface area contributed by atoms with Crippen LogP contribution in [0.2, 0.25) is 0 Å². The Labute approximate surface area is 189 Å². The Morgan fingerprint density at radius 1 is 1.16 bits per heavy atom. The van der Waals surface area contributed by atoms with Crippen LogP contribution in [0.3, 0.4) is 0 Å². The first-order valence-corrected chi connectivity index (χ1v) is 11.1. The first-order chi connectivity index (χ1) is 15.4. The first kappa shape index (κ1) is 22.0. The predicted octanol–water partition coefficient (Wildman–Crippen LogP) is 3.31. The number of benzene rings is 2. The molecule has 2 aromatic rings. The third-order valence-corrected chi connectivity index (χ3v) is 6.17. The van der Waals surface area contributed by atoms with Crippen LogP contribution in [0.5, 0.6) is 5.75 Å². The molecule has 0 saturated carbocycles. The molecule has 9 heteroatoms. The van der Waals surface area contributed by atoms with Gasteiger partial charge in [-0.1, -0.05) is 30.3 Å². The van der Waals surface area contributed by atoms with E-state index in [-0.39, 0.29) is 42.7 Å². The Kier molecular flexibility index (Phi) is 6.57. The van der Waals surface area contributed by atoms with Crippen LogP contribution in [0.15, 0.2) is 48.5 Å². The Hall–Kier alpha value is -3.17. The van der Waals surface area contributed by atoms with E-state index in [1.54, 1.807) is 18.2 Å². The van der Waals surface area contributed by atoms with Crippen molar-refractivity contribution in [2.24, 2.45) is 0 Å². The smallest absolute Gasteiger partial charge is 0.291 e. The van der Waals surface area contributed by atoms with Gasteiger partial charge in [-0.2, -0.15) is 0 Å². The highest BCUT2D eigenvalue weighted by Gasteiger charge is 2.40. The molecule has 1 atom stereocenters. The van der Waals surface area contributed by atoms with Gasteiger partial charge in [0, 0.05) is 12.1 Å². The van der Waals surface area contributed by atoms with Crippen LogP contribution in [0.25, 0.3) is 0 Å². The van der Waals surface area contributed by atoms with Crippen LogP contribution < -0.4 is 4.74 Å². The zero-order chi connectivity index (χ0) is 22.7. The van der Waals surface area contributed by atoms with E-state index in [0.29, 0.717) is 29.8 Å². The van der Waals surface area contributed by atoms with Crippen LogP contribution in [0, 0.1) is 0 Å². The van der Waals surface area contributed by atoms with Crippen LogP contribution in [0.4, 0.5) is 4.79 Å². The number of rotatable bonds is 8. The van der Waals surface area contributed by atoms with Crippen molar-refractivity contribution in [3.05, 3.63) is 65.2 Å². The Balaban J connectivity index is 1.27. The lowest BCUT2D eigenvalue weighted by Crippen LogP contribution is -2.39. The number of thioether (sulfide) groups is 1. The van der Waals surface area contributed by atoms with E-state index in [2.05, 4.69) is 0 Å². The minimum absolute atomic E-state index is 0.103. The fourth-order valence-electron chi connectivity index (χ4n) is 3.47. The summed E-state index contributed by atoms with van der Waals surface area (Å²) < 4.78 is 11.2. The summed E-state index contributed by atoms with van der Waals surface area (Å²) in [5.41, 5.74) is 0.798. The summed E-state index contributed by atoms with van der Waals surface area (Å²) in [7, 11) is 0. The molecule has 0 aromatic heterocycles. The van der Waals surface area contributed by atoms with E-state index in [1.807, 2.05) is 30.3 Å². The van der Waals surface area contributed by atoms with Gasteiger partial charge in [-0.3, -0.25) is 24.1 Å². The van der Waals surface area contributed by atoms with E-state index in [9.17, 15) is 19.2 Å². The van der Waals surface area contributed by atoms with Crippen LogP contribution in [0.1, 0.15) is 39.6 Å². The molecule has 1 saturated heterocycles. The van der Waals surface area contributed by atoms with Gasteiger partial charge in [-0.15, -0.1) is 0 Å². The highest BCUT2D eigenvalue weighted by molar-refractivity contribution is 8.15. The maximum atomic E-state index is 12.7. The molecule has 0 spiro atoms. The van der Waals surface area contributed by atoms with E-state index in [0.717, 1.165) is 17.3 Å². The average Bonchev–Trinajstić information content (AvgIpc) is 3.06. The minimum Gasteiger partial charge on any atom is -0.472 e. The van der Waals surface area contributed by atoms with E-state index in [4.69, 9.17) is 9.47 Å². The normalized spacial score (nSPS) is 18.0. The van der Waals surface area contributed by atoms with Crippen molar-refractivity contribution in [2.45, 2.75) is 25.3 Å². The topological polar surface area (TPSA) is 93.2 Å². The lowest BCUT2D eigenvalue weighted by molar-refractivity contribution is -0.134. The standard InChI is InChI=1S/C23H22N2O6S/c1-15(26)17-8-9-19-18(12-17)20(27)24(14-31-19)10-5-11-30-22-21(28)25(23(29)32-22)13-16-6-3-2-4-7-16/h2-4,6-9,12,22H,5,10-11,13-14H2,1H3. The van der Waals surface area contributed by atoms with Crippen LogP contribution in [-0.2, 0) is 16.1 Å². The lowest BCUT2D eigenvalue weighted by atomic mass is 10.1. The molecule has 3 amide bonds. The third-order valence-electron chi connectivity index (χ3n) is 5.20. The largest absolute Gasteiger partial charge is 0.472 e. The van der Waals surface area contributed by atoms with Gasteiger partial charge in [0.05, 0.1) is 18.7 Å². The summed E-state index contributed by atoms with van der Waals surface area (Å²) in [4.78, 5) is 51.8. The molecule has 1 fully saturated rings. The number of carbonyl (C=O) groups is 4. The molecule has 2 aliphatic rings. The van der Waals surface area contributed by atoms with E-state index < -0.39 is 5.44 Å². The fourth-order valence-corrected chi connectivity index (χ4v) is 4.32. The SMILES string of the molecule is CC(=O)c1ccc2c(c1)C(=O)N(CCCOC1SC(=O)N(Cc3ccccc3)C1=O)CO2. The summed E-state index contributed by atoms with van der Waals surface area (Å²) in [6, 6.07) is 14.1. The summed E-state index contributed by atoms with van der Waals surface area (Å²) in [5.74, 6) is -0.255. The number of fused-ring (bicyclic) bond motifs is 1. The van der Waals surface area contributed by atoms with Gasteiger partial charge in [-0.25, -0.2) is 0 Å². The summed E-state index contributed by atoms with van der Waals surface area (Å²) in [6.45, 7) is 2.33. The summed E-state index contributed by atoms with van der Waals surface area (Å²) in [6.07, 6.45) is 0.466. The van der Waals surface area contributed by atoms with Crippen molar-refractivity contribution in [1.82, 2.24) is 9.80 Å². The van der Waals surface area contributed by atoms with Crippen molar-refractivity contribution in [3.63, 3.8) is 0 Å². The fraction of sp³-hybridized carbons (Fsp3) is 0.304. The van der Waals surface area contributed by atoms with Gasteiger partial charge in [-0.05, 0) is 48.9 Å². The summed E-state index contributed by atoms with van der Waals surface area (Å²) >= 11 is 0.861. The first-order valence-electron chi connectivity index (χ1n) is 10.2. The second-order valence-electron chi connectivity index (χ2n) is 7.46. The minimum atomic E-state index is -0.877. The quantitative estimate of drug-likeness (QED) is 0.446. The molecule has 2 aromatic carbocycles. The van der Waals surface area contributed by atoms with Gasteiger partial charge in [0.1, 0.15) is 5.75 Å². The van der Waals surface area contributed by atoms with Gasteiger partial charge in [0.2, 0.25) is 0 Å². The zero-order valence-electron chi connectivity index (χ0n) is 17.5. The number of hydrogen-bond acceptors (Lipinski definition) is 7. The Bertz CT molecular complexity index is 1060. The second-order valence-corrected chi connectivity index (χ2v) is 8.47. The van der Waals surface area contributed by atoms with Gasteiger partial charge in [0.15, 0.2) is 18.0 Å². The zero-order valence-corrected chi connectivity index (χ0v) is 18.3. The average molecular weight is 455 g/mol. The summed E-state index contributed by atoms with van der Waals surface area (Å²) in [5, 5.41) is -0.332. The molecule has 2 aliphatic heterocycles. The number of ether oxygens (including phenoxy) is 2. The molecule has 2 heterocycles. The number of ketones is 1. The van der Waals surface area contributed by atoms with Crippen molar-refractivity contribution in [2.75, 3.05) is 19.9 Å². The molecule has 32 heavy (non-hydrogen) atoms. The van der Waals surface area contributed by atoms with Crippen molar-refractivity contribution < 1.29 is 28.7 Å².